The quantitative estimate of drug-likeness (QED) is 0.646. The van der Waals surface area contributed by atoms with Crippen molar-refractivity contribution in [2.24, 2.45) is 0 Å². The maximum Gasteiger partial charge on any atom is 0.227 e. The molecule has 3 nitrogen and oxygen atoms in total. The van der Waals surface area contributed by atoms with Crippen LogP contribution >= 0.6 is 0 Å². The number of carbonyl (C=O) groups excluding carboxylic acids is 1. The normalized spacial score (nSPS) is 10.6. The van der Waals surface area contributed by atoms with E-state index in [1.807, 2.05) is 55.0 Å². The van der Waals surface area contributed by atoms with E-state index in [0.29, 0.717) is 0 Å². The minimum absolute atomic E-state index is 0.00142. The Bertz CT molecular complexity index is 765. The van der Waals surface area contributed by atoms with Gasteiger partial charge in [0.15, 0.2) is 0 Å². The highest BCUT2D eigenvalue weighted by atomic mass is 16.1. The average molecular weight is 250 g/mol. The molecular formula is C16H14N2O. The molecule has 0 aromatic heterocycles. The van der Waals surface area contributed by atoms with Gasteiger partial charge in [-0.2, -0.15) is 0 Å². The van der Waals surface area contributed by atoms with E-state index in [9.17, 15) is 4.79 Å². The van der Waals surface area contributed by atoms with Crippen LogP contribution in [-0.2, 0) is 0 Å². The summed E-state index contributed by atoms with van der Waals surface area (Å²) in [5.74, 6) is 0.00142. The van der Waals surface area contributed by atoms with Crippen molar-refractivity contribution in [1.29, 1.82) is 0 Å². The van der Waals surface area contributed by atoms with Crippen LogP contribution < -0.4 is 0 Å². The van der Waals surface area contributed by atoms with E-state index in [4.69, 9.17) is 0 Å². The van der Waals surface area contributed by atoms with Crippen LogP contribution in [-0.4, -0.2) is 15.5 Å². The molecule has 19 heavy (non-hydrogen) atoms. The highest BCUT2D eigenvalue weighted by molar-refractivity contribution is 5.90. The van der Waals surface area contributed by atoms with Crippen LogP contribution in [0.4, 0.5) is 0 Å². The number of benzene rings is 1. The number of nitrogens with zero attached hydrogens (tertiary/aromatic N) is 1. The minimum atomic E-state index is 0.00142. The van der Waals surface area contributed by atoms with Gasteiger partial charge in [-0.3, -0.25) is 9.36 Å². The summed E-state index contributed by atoms with van der Waals surface area (Å²) in [5, 5.41) is 1.03. The molecule has 1 aromatic carbocycles. The van der Waals surface area contributed by atoms with Crippen molar-refractivity contribution >= 4 is 16.8 Å². The molecule has 0 unspecified atom stereocenters. The molecule has 0 fully saturated rings. The summed E-state index contributed by atoms with van der Waals surface area (Å²) < 4.78 is 1.69. The zero-order chi connectivity index (χ0) is 13.2. The number of carbonyl (C=O) groups is 1. The van der Waals surface area contributed by atoms with Gasteiger partial charge in [0.25, 0.3) is 0 Å². The van der Waals surface area contributed by atoms with E-state index >= 15 is 0 Å². The summed E-state index contributed by atoms with van der Waals surface area (Å²) in [6.45, 7) is 1.58. The molecule has 94 valence electrons. The number of nitrogens with one attached hydrogen (secondary N) is 1. The van der Waals surface area contributed by atoms with Crippen LogP contribution in [0.1, 0.15) is 11.7 Å². The molecule has 0 saturated heterocycles. The molecule has 3 rings (SSSR count). The van der Waals surface area contributed by atoms with Gasteiger partial charge in [0.05, 0.1) is 5.52 Å². The molecular weight excluding hydrogens is 236 g/mol. The van der Waals surface area contributed by atoms with Gasteiger partial charge in [0.2, 0.25) is 5.91 Å². The van der Waals surface area contributed by atoms with Crippen LogP contribution in [0.2, 0.25) is 0 Å². The Balaban J connectivity index is 2.51. The molecule has 2 aliphatic rings. The maximum atomic E-state index is 11.9. The van der Waals surface area contributed by atoms with Crippen LogP contribution in [0.3, 0.4) is 0 Å². The smallest absolute Gasteiger partial charge is 0.227 e. The standard InChI is InChI=1S/C16H14N2O/c1-12(19)18-11-15-8-9-17-10-14(15)7-6-13-4-2-3-5-16(13)18/h2-11,17H,1H3. The van der Waals surface area contributed by atoms with Crippen LogP contribution in [0.25, 0.3) is 22.0 Å². The Morgan fingerprint density at radius 1 is 1.05 bits per heavy atom. The van der Waals surface area contributed by atoms with E-state index in [-0.39, 0.29) is 5.91 Å². The third kappa shape index (κ3) is 2.10. The number of hydrogen-bond donors (Lipinski definition) is 1. The third-order valence-corrected chi connectivity index (χ3v) is 3.18. The van der Waals surface area contributed by atoms with Gasteiger partial charge in [-0.25, -0.2) is 0 Å². The number of aromatic amines is 1. The number of rotatable bonds is 0. The number of pyridine rings is 1. The van der Waals surface area contributed by atoms with Gasteiger partial charge < -0.3 is 4.98 Å². The van der Waals surface area contributed by atoms with Crippen molar-refractivity contribution in [3.63, 3.8) is 0 Å². The fourth-order valence-corrected chi connectivity index (χ4v) is 2.21. The molecule has 0 bridgehead atoms. The molecule has 1 N–H and O–H groups in total. The van der Waals surface area contributed by atoms with Gasteiger partial charge in [-0.15, -0.1) is 0 Å². The molecule has 1 aromatic rings. The van der Waals surface area contributed by atoms with Crippen molar-refractivity contribution in [3.05, 3.63) is 61.1 Å². The molecule has 2 heterocycles. The van der Waals surface area contributed by atoms with Crippen molar-refractivity contribution in [1.82, 2.24) is 9.55 Å². The van der Waals surface area contributed by atoms with Crippen LogP contribution in [0, 0.1) is 0 Å². The van der Waals surface area contributed by atoms with E-state index in [2.05, 4.69) is 11.1 Å². The average Bonchev–Trinajstić information content (AvgIpc) is 2.41. The second kappa shape index (κ2) is 4.61. The lowest BCUT2D eigenvalue weighted by Gasteiger charge is -2.09. The summed E-state index contributed by atoms with van der Waals surface area (Å²) in [7, 11) is 0. The molecule has 0 atom stereocenters. The minimum Gasteiger partial charge on any atom is -0.367 e. The molecule has 2 aliphatic heterocycles. The van der Waals surface area contributed by atoms with Crippen LogP contribution in [0.5, 0.6) is 0 Å². The number of hydrogen-bond acceptors (Lipinski definition) is 1. The van der Waals surface area contributed by atoms with Gasteiger partial charge in [-0.05, 0) is 23.1 Å². The highest BCUT2D eigenvalue weighted by Crippen LogP contribution is 2.21. The molecule has 3 heteroatoms. The van der Waals surface area contributed by atoms with Gasteiger partial charge in [0, 0.05) is 31.1 Å². The van der Waals surface area contributed by atoms with Gasteiger partial charge in [-0.1, -0.05) is 30.3 Å². The summed E-state index contributed by atoms with van der Waals surface area (Å²) >= 11 is 0. The molecule has 0 spiro atoms. The zero-order valence-corrected chi connectivity index (χ0v) is 10.6. The SMILES string of the molecule is CC(=O)n1cc2cc[nH]cc-2ccc2ccccc21. The van der Waals surface area contributed by atoms with E-state index < -0.39 is 0 Å². The molecule has 0 amide bonds. The molecule has 0 aliphatic carbocycles. The number of fused-ring (bicyclic) bond motifs is 2. The van der Waals surface area contributed by atoms with E-state index in [0.717, 1.165) is 22.0 Å². The predicted molar refractivity (Wildman–Crippen MR) is 76.8 cm³/mol. The van der Waals surface area contributed by atoms with Gasteiger partial charge >= 0.3 is 0 Å². The fraction of sp³-hybridized carbons (Fsp3) is 0.0625. The van der Waals surface area contributed by atoms with Crippen molar-refractivity contribution < 1.29 is 4.79 Å². The number of aromatic nitrogens is 2. The lowest BCUT2D eigenvalue weighted by atomic mass is 10.1. The molecule has 0 saturated carbocycles. The third-order valence-electron chi connectivity index (χ3n) is 3.18. The largest absolute Gasteiger partial charge is 0.367 e. The second-order valence-corrected chi connectivity index (χ2v) is 4.47. The van der Waals surface area contributed by atoms with Crippen molar-refractivity contribution in [3.8, 4) is 11.1 Å². The maximum absolute atomic E-state index is 11.9. The first-order chi connectivity index (χ1) is 9.25. The predicted octanol–water partition coefficient (Wildman–Crippen LogP) is 3.86. The fourth-order valence-electron chi connectivity index (χ4n) is 2.21. The van der Waals surface area contributed by atoms with E-state index in [1.165, 1.54) is 0 Å². The Kier molecular flexibility index (Phi) is 2.80. The summed E-state index contributed by atoms with van der Waals surface area (Å²) in [6, 6.07) is 13.9. The van der Waals surface area contributed by atoms with E-state index in [1.54, 1.807) is 11.5 Å². The Hall–Kier alpha value is -2.55. The van der Waals surface area contributed by atoms with Crippen molar-refractivity contribution in [2.75, 3.05) is 0 Å². The Morgan fingerprint density at radius 3 is 2.74 bits per heavy atom. The number of para-hydroxylation sites is 1. The second-order valence-electron chi connectivity index (χ2n) is 4.47. The monoisotopic (exact) mass is 250 g/mol. The van der Waals surface area contributed by atoms with Gasteiger partial charge in [0.1, 0.15) is 0 Å². The first-order valence-electron chi connectivity index (χ1n) is 6.17. The summed E-state index contributed by atoms with van der Waals surface area (Å²) in [5.41, 5.74) is 2.98. The Labute approximate surface area is 111 Å². The van der Waals surface area contributed by atoms with Crippen molar-refractivity contribution in [2.45, 2.75) is 6.92 Å². The lowest BCUT2D eigenvalue weighted by Crippen LogP contribution is -2.06. The summed E-state index contributed by atoms with van der Waals surface area (Å²) in [6.07, 6.45) is 5.66. The summed E-state index contributed by atoms with van der Waals surface area (Å²) in [4.78, 5) is 15.0. The van der Waals surface area contributed by atoms with Crippen LogP contribution in [0.15, 0.2) is 61.1 Å². The first-order valence-corrected chi connectivity index (χ1v) is 6.17. The first kappa shape index (κ1) is 11.5. The Morgan fingerprint density at radius 2 is 1.89 bits per heavy atom. The lowest BCUT2D eigenvalue weighted by molar-refractivity contribution is 0.0941. The number of H-pyrrole nitrogens is 1. The zero-order valence-electron chi connectivity index (χ0n) is 10.6. The molecule has 0 radical (unpaired) electrons. The topological polar surface area (TPSA) is 37.8 Å². The highest BCUT2D eigenvalue weighted by Gasteiger charge is 2.04.